The Bertz CT molecular complexity index is 634. The molecule has 3 amide bonds. The minimum absolute atomic E-state index is 0.189. The zero-order valence-corrected chi connectivity index (χ0v) is 16.8. The standard InChI is InChI=1S/C21H32FN3O3/c1-3-4-5-6-7-8-9-18(20(23)27)25-21(28)19(24-15(2)26)14-16-10-12-17(22)13-11-16/h10-13,18-19H,3-9,14H2,1-2H3,(H2,23,27)(H,24,26)(H,25,28)/t18-,19+/m1/s1. The number of unbranched alkanes of at least 4 members (excludes halogenated alkanes) is 5. The fraction of sp³-hybridized carbons (Fsp3) is 0.571. The lowest BCUT2D eigenvalue weighted by atomic mass is 10.0. The number of amides is 3. The maximum absolute atomic E-state index is 13.1. The van der Waals surface area contributed by atoms with Crippen LogP contribution in [0.1, 0.15) is 64.4 Å². The van der Waals surface area contributed by atoms with E-state index in [1.54, 1.807) is 12.1 Å². The molecule has 4 N–H and O–H groups in total. The van der Waals surface area contributed by atoms with Crippen LogP contribution >= 0.6 is 0 Å². The number of hydrogen-bond acceptors (Lipinski definition) is 3. The normalized spacial score (nSPS) is 12.8. The lowest BCUT2D eigenvalue weighted by Gasteiger charge is -2.21. The van der Waals surface area contributed by atoms with Gasteiger partial charge < -0.3 is 16.4 Å². The van der Waals surface area contributed by atoms with Crippen molar-refractivity contribution < 1.29 is 18.8 Å². The summed E-state index contributed by atoms with van der Waals surface area (Å²) >= 11 is 0. The molecule has 0 radical (unpaired) electrons. The van der Waals surface area contributed by atoms with Crippen LogP contribution in [0, 0.1) is 5.82 Å². The predicted molar refractivity (Wildman–Crippen MR) is 107 cm³/mol. The number of halogens is 1. The summed E-state index contributed by atoms with van der Waals surface area (Å²) in [7, 11) is 0. The Labute approximate surface area is 166 Å². The van der Waals surface area contributed by atoms with Crippen LogP contribution < -0.4 is 16.4 Å². The highest BCUT2D eigenvalue weighted by Crippen LogP contribution is 2.10. The second-order valence-electron chi connectivity index (χ2n) is 7.10. The fourth-order valence-corrected chi connectivity index (χ4v) is 3.00. The maximum atomic E-state index is 13.1. The molecule has 1 aromatic rings. The van der Waals surface area contributed by atoms with Gasteiger partial charge in [0, 0.05) is 13.3 Å². The van der Waals surface area contributed by atoms with Crippen molar-refractivity contribution in [2.24, 2.45) is 5.73 Å². The number of benzene rings is 1. The van der Waals surface area contributed by atoms with E-state index in [4.69, 9.17) is 5.73 Å². The monoisotopic (exact) mass is 393 g/mol. The molecule has 0 bridgehead atoms. The Morgan fingerprint density at radius 3 is 2.14 bits per heavy atom. The first kappa shape index (κ1) is 23.6. The van der Waals surface area contributed by atoms with Gasteiger partial charge in [-0.05, 0) is 24.1 Å². The summed E-state index contributed by atoms with van der Waals surface area (Å²) in [5, 5.41) is 5.23. The highest BCUT2D eigenvalue weighted by Gasteiger charge is 2.25. The van der Waals surface area contributed by atoms with Crippen LogP contribution in [0.25, 0.3) is 0 Å². The van der Waals surface area contributed by atoms with E-state index in [0.29, 0.717) is 12.0 Å². The van der Waals surface area contributed by atoms with Gasteiger partial charge in [-0.2, -0.15) is 0 Å². The summed E-state index contributed by atoms with van der Waals surface area (Å²) in [5.74, 6) is -1.81. The topological polar surface area (TPSA) is 101 Å². The third kappa shape index (κ3) is 9.48. The van der Waals surface area contributed by atoms with Crippen LogP contribution in [0.2, 0.25) is 0 Å². The van der Waals surface area contributed by atoms with Gasteiger partial charge in [0.1, 0.15) is 17.9 Å². The minimum atomic E-state index is -0.866. The van der Waals surface area contributed by atoms with Gasteiger partial charge in [0.15, 0.2) is 0 Å². The molecule has 0 unspecified atom stereocenters. The van der Waals surface area contributed by atoms with Crippen molar-refractivity contribution in [2.75, 3.05) is 0 Å². The van der Waals surface area contributed by atoms with E-state index >= 15 is 0 Å². The molecule has 1 aromatic carbocycles. The van der Waals surface area contributed by atoms with Crippen molar-refractivity contribution >= 4 is 17.7 Å². The largest absolute Gasteiger partial charge is 0.368 e. The Morgan fingerprint density at radius 2 is 1.57 bits per heavy atom. The number of primary amides is 1. The Hall–Kier alpha value is -2.44. The molecule has 0 spiro atoms. The van der Waals surface area contributed by atoms with Crippen LogP contribution in [-0.4, -0.2) is 29.8 Å². The molecule has 7 heteroatoms. The molecule has 6 nitrogen and oxygen atoms in total. The molecular formula is C21H32FN3O3. The quantitative estimate of drug-likeness (QED) is 0.449. The molecule has 0 aromatic heterocycles. The number of carbonyl (C=O) groups excluding carboxylic acids is 3. The van der Waals surface area contributed by atoms with Crippen molar-refractivity contribution in [1.29, 1.82) is 0 Å². The smallest absolute Gasteiger partial charge is 0.243 e. The summed E-state index contributed by atoms with van der Waals surface area (Å²) in [6.07, 6.45) is 7.03. The lowest BCUT2D eigenvalue weighted by molar-refractivity contribution is -0.130. The molecule has 1 rings (SSSR count). The number of rotatable bonds is 13. The summed E-state index contributed by atoms with van der Waals surface area (Å²) in [5.41, 5.74) is 6.13. The van der Waals surface area contributed by atoms with E-state index in [-0.39, 0.29) is 18.1 Å². The average Bonchev–Trinajstić information content (AvgIpc) is 2.64. The van der Waals surface area contributed by atoms with Crippen LogP contribution in [-0.2, 0) is 20.8 Å². The van der Waals surface area contributed by atoms with Gasteiger partial charge in [-0.25, -0.2) is 4.39 Å². The Kier molecular flexibility index (Phi) is 10.8. The molecule has 0 saturated carbocycles. The fourth-order valence-electron chi connectivity index (χ4n) is 3.00. The summed E-state index contributed by atoms with van der Waals surface area (Å²) in [6.45, 7) is 3.46. The molecule has 2 atom stereocenters. The molecule has 0 aliphatic carbocycles. The maximum Gasteiger partial charge on any atom is 0.243 e. The minimum Gasteiger partial charge on any atom is -0.368 e. The number of nitrogens with one attached hydrogen (secondary N) is 2. The number of carbonyl (C=O) groups is 3. The zero-order valence-electron chi connectivity index (χ0n) is 16.8. The first-order valence-electron chi connectivity index (χ1n) is 9.94. The zero-order chi connectivity index (χ0) is 20.9. The van der Waals surface area contributed by atoms with E-state index in [2.05, 4.69) is 17.6 Å². The summed E-state index contributed by atoms with van der Waals surface area (Å²) in [6, 6.07) is 4.06. The van der Waals surface area contributed by atoms with Gasteiger partial charge in [-0.1, -0.05) is 57.6 Å². The van der Waals surface area contributed by atoms with Crippen LogP contribution in [0.4, 0.5) is 4.39 Å². The lowest BCUT2D eigenvalue weighted by Crippen LogP contribution is -2.53. The third-order valence-electron chi connectivity index (χ3n) is 4.55. The van der Waals surface area contributed by atoms with Crippen molar-refractivity contribution in [3.05, 3.63) is 35.6 Å². The van der Waals surface area contributed by atoms with E-state index in [9.17, 15) is 18.8 Å². The Balaban J connectivity index is 2.64. The second-order valence-corrected chi connectivity index (χ2v) is 7.10. The van der Waals surface area contributed by atoms with E-state index in [0.717, 1.165) is 25.7 Å². The van der Waals surface area contributed by atoms with Gasteiger partial charge >= 0.3 is 0 Å². The van der Waals surface area contributed by atoms with Crippen LogP contribution in [0.3, 0.4) is 0 Å². The number of nitrogens with two attached hydrogens (primary N) is 1. The SMILES string of the molecule is CCCCCCCC[C@@H](NC(=O)[C@H](Cc1ccc(F)cc1)NC(C)=O)C(N)=O. The van der Waals surface area contributed by atoms with Gasteiger partial charge in [0.2, 0.25) is 17.7 Å². The van der Waals surface area contributed by atoms with Crippen LogP contribution in [0.15, 0.2) is 24.3 Å². The van der Waals surface area contributed by atoms with Crippen molar-refractivity contribution in [3.63, 3.8) is 0 Å². The second kappa shape index (κ2) is 12.9. The van der Waals surface area contributed by atoms with Gasteiger partial charge in [0.25, 0.3) is 0 Å². The molecular weight excluding hydrogens is 361 g/mol. The molecule has 0 heterocycles. The summed E-state index contributed by atoms with van der Waals surface area (Å²) in [4.78, 5) is 35.8. The van der Waals surface area contributed by atoms with E-state index in [1.165, 1.54) is 31.9 Å². The first-order chi connectivity index (χ1) is 13.3. The number of hydrogen-bond donors (Lipinski definition) is 3. The van der Waals surface area contributed by atoms with E-state index < -0.39 is 23.9 Å². The van der Waals surface area contributed by atoms with Crippen molar-refractivity contribution in [1.82, 2.24) is 10.6 Å². The predicted octanol–water partition coefficient (Wildman–Crippen LogP) is 2.59. The molecule has 156 valence electrons. The van der Waals surface area contributed by atoms with Crippen molar-refractivity contribution in [3.8, 4) is 0 Å². The molecule has 28 heavy (non-hydrogen) atoms. The van der Waals surface area contributed by atoms with Gasteiger partial charge in [0.05, 0.1) is 0 Å². The highest BCUT2D eigenvalue weighted by molar-refractivity contribution is 5.91. The first-order valence-corrected chi connectivity index (χ1v) is 9.94. The average molecular weight is 394 g/mol. The van der Waals surface area contributed by atoms with Crippen LogP contribution in [0.5, 0.6) is 0 Å². The summed E-state index contributed by atoms with van der Waals surface area (Å²) < 4.78 is 13.1. The van der Waals surface area contributed by atoms with Crippen molar-refractivity contribution in [2.45, 2.75) is 77.3 Å². The molecule has 0 aliphatic heterocycles. The van der Waals surface area contributed by atoms with Gasteiger partial charge in [-0.15, -0.1) is 0 Å². The Morgan fingerprint density at radius 1 is 0.964 bits per heavy atom. The van der Waals surface area contributed by atoms with Gasteiger partial charge in [-0.3, -0.25) is 14.4 Å². The highest BCUT2D eigenvalue weighted by atomic mass is 19.1. The molecule has 0 fully saturated rings. The molecule has 0 aliphatic rings. The third-order valence-corrected chi connectivity index (χ3v) is 4.55. The molecule has 0 saturated heterocycles. The van der Waals surface area contributed by atoms with E-state index in [1.807, 2.05) is 0 Å².